The van der Waals surface area contributed by atoms with Gasteiger partial charge in [-0.2, -0.15) is 0 Å². The Labute approximate surface area is 101 Å². The second-order valence-corrected chi connectivity index (χ2v) is 4.78. The summed E-state index contributed by atoms with van der Waals surface area (Å²) < 4.78 is 5.12. The van der Waals surface area contributed by atoms with Crippen molar-refractivity contribution in [3.8, 4) is 0 Å². The van der Waals surface area contributed by atoms with E-state index >= 15 is 0 Å². The van der Waals surface area contributed by atoms with E-state index in [1.807, 2.05) is 17.5 Å². The molecular weight excluding hydrogens is 222 g/mol. The summed E-state index contributed by atoms with van der Waals surface area (Å²) in [6, 6.07) is 3.58. The van der Waals surface area contributed by atoms with Crippen LogP contribution in [-0.2, 0) is 16.0 Å². The second-order valence-electron chi connectivity index (χ2n) is 3.75. The highest BCUT2D eigenvalue weighted by Gasteiger charge is 2.13. The number of unbranched alkanes of at least 4 members (excludes halogenated alkanes) is 1. The minimum absolute atomic E-state index is 0.273. The summed E-state index contributed by atoms with van der Waals surface area (Å²) in [6.07, 6.45) is 3.52. The Morgan fingerprint density at radius 2 is 2.44 bits per heavy atom. The molecule has 1 aromatic rings. The summed E-state index contributed by atoms with van der Waals surface area (Å²) in [7, 11) is 0. The molecule has 3 nitrogen and oxygen atoms in total. The van der Waals surface area contributed by atoms with Gasteiger partial charge in [-0.05, 0) is 17.9 Å². The van der Waals surface area contributed by atoms with E-state index in [2.05, 4.69) is 6.92 Å². The highest BCUT2D eigenvalue weighted by molar-refractivity contribution is 7.09. The lowest BCUT2D eigenvalue weighted by Crippen LogP contribution is -2.32. The van der Waals surface area contributed by atoms with Crippen molar-refractivity contribution in [2.24, 2.45) is 5.73 Å². The van der Waals surface area contributed by atoms with Gasteiger partial charge in [0.15, 0.2) is 0 Å². The molecule has 0 aromatic carbocycles. The molecule has 16 heavy (non-hydrogen) atoms. The number of ether oxygens (including phenoxy) is 1. The van der Waals surface area contributed by atoms with Crippen LogP contribution in [0.15, 0.2) is 17.5 Å². The van der Waals surface area contributed by atoms with Crippen LogP contribution in [0.25, 0.3) is 0 Å². The highest BCUT2D eigenvalue weighted by atomic mass is 32.1. The highest BCUT2D eigenvalue weighted by Crippen LogP contribution is 2.09. The lowest BCUT2D eigenvalue weighted by atomic mass is 10.1. The zero-order valence-corrected chi connectivity index (χ0v) is 10.5. The summed E-state index contributed by atoms with van der Waals surface area (Å²) in [6.45, 7) is 2.51. The van der Waals surface area contributed by atoms with Gasteiger partial charge in [0.05, 0.1) is 6.61 Å². The Morgan fingerprint density at radius 1 is 1.62 bits per heavy atom. The molecule has 1 atom stereocenters. The molecule has 0 radical (unpaired) electrons. The molecule has 4 heteroatoms. The third-order valence-corrected chi connectivity index (χ3v) is 3.28. The van der Waals surface area contributed by atoms with Gasteiger partial charge < -0.3 is 10.5 Å². The zero-order valence-electron chi connectivity index (χ0n) is 9.65. The molecule has 0 unspecified atom stereocenters. The Bertz CT molecular complexity index is 298. The van der Waals surface area contributed by atoms with Gasteiger partial charge in [-0.25, -0.2) is 0 Å². The normalized spacial score (nSPS) is 12.4. The van der Waals surface area contributed by atoms with Gasteiger partial charge in [-0.15, -0.1) is 11.3 Å². The summed E-state index contributed by atoms with van der Waals surface area (Å²) in [4.78, 5) is 12.7. The minimum Gasteiger partial charge on any atom is -0.464 e. The minimum atomic E-state index is -0.455. The molecule has 0 spiro atoms. The monoisotopic (exact) mass is 241 g/mol. The van der Waals surface area contributed by atoms with Crippen molar-refractivity contribution >= 4 is 17.3 Å². The first-order valence-electron chi connectivity index (χ1n) is 5.68. The van der Waals surface area contributed by atoms with E-state index in [0.717, 1.165) is 19.3 Å². The number of nitrogens with two attached hydrogens (primary N) is 1. The van der Waals surface area contributed by atoms with Gasteiger partial charge in [0, 0.05) is 11.3 Å². The molecule has 2 N–H and O–H groups in total. The summed E-state index contributed by atoms with van der Waals surface area (Å²) in [5.41, 5.74) is 5.69. The van der Waals surface area contributed by atoms with E-state index < -0.39 is 6.04 Å². The smallest absolute Gasteiger partial charge is 0.322 e. The largest absolute Gasteiger partial charge is 0.464 e. The van der Waals surface area contributed by atoms with Crippen LogP contribution in [0.2, 0.25) is 0 Å². The maximum Gasteiger partial charge on any atom is 0.322 e. The van der Waals surface area contributed by atoms with Crippen molar-refractivity contribution in [3.63, 3.8) is 0 Å². The van der Waals surface area contributed by atoms with E-state index in [4.69, 9.17) is 10.5 Å². The number of esters is 1. The molecule has 0 bridgehead atoms. The van der Waals surface area contributed by atoms with Gasteiger partial charge in [-0.1, -0.05) is 25.8 Å². The summed E-state index contributed by atoms with van der Waals surface area (Å²) >= 11 is 1.67. The van der Waals surface area contributed by atoms with Crippen molar-refractivity contribution < 1.29 is 9.53 Å². The zero-order chi connectivity index (χ0) is 11.8. The molecule has 0 aliphatic carbocycles. The standard InChI is InChI=1S/C12H19NO2S/c1-2-3-6-11(13)12(14)15-8-7-10-5-4-9-16-10/h4-5,9,11H,2-3,6-8,13H2,1H3/t11-/m0/s1. The van der Waals surface area contributed by atoms with Crippen molar-refractivity contribution in [2.75, 3.05) is 6.61 Å². The fraction of sp³-hybridized carbons (Fsp3) is 0.583. The van der Waals surface area contributed by atoms with E-state index in [1.54, 1.807) is 11.3 Å². The Balaban J connectivity index is 2.14. The number of rotatable bonds is 7. The molecule has 0 saturated carbocycles. The number of hydrogen-bond acceptors (Lipinski definition) is 4. The van der Waals surface area contributed by atoms with Crippen molar-refractivity contribution in [1.82, 2.24) is 0 Å². The van der Waals surface area contributed by atoms with Crippen molar-refractivity contribution in [3.05, 3.63) is 22.4 Å². The molecule has 1 aromatic heterocycles. The molecule has 0 saturated heterocycles. The predicted octanol–water partition coefficient (Wildman–Crippen LogP) is 2.35. The molecule has 0 amide bonds. The molecule has 1 rings (SSSR count). The summed E-state index contributed by atoms with van der Waals surface area (Å²) in [5, 5.41) is 2.02. The quantitative estimate of drug-likeness (QED) is 0.745. The SMILES string of the molecule is CCCC[C@H](N)C(=O)OCCc1cccs1. The number of carbonyl (C=O) groups excluding carboxylic acids is 1. The predicted molar refractivity (Wildman–Crippen MR) is 66.5 cm³/mol. The maximum absolute atomic E-state index is 11.4. The molecular formula is C12H19NO2S. The molecule has 0 aliphatic rings. The summed E-state index contributed by atoms with van der Waals surface area (Å²) in [5.74, 6) is -0.273. The van der Waals surface area contributed by atoms with Gasteiger partial charge in [-0.3, -0.25) is 4.79 Å². The average Bonchev–Trinajstić information content (AvgIpc) is 2.78. The fourth-order valence-electron chi connectivity index (χ4n) is 1.36. The van der Waals surface area contributed by atoms with Crippen LogP contribution in [0, 0.1) is 0 Å². The average molecular weight is 241 g/mol. The van der Waals surface area contributed by atoms with Crippen LogP contribution in [0.5, 0.6) is 0 Å². The third kappa shape index (κ3) is 4.77. The van der Waals surface area contributed by atoms with Crippen molar-refractivity contribution in [2.45, 2.75) is 38.6 Å². The van der Waals surface area contributed by atoms with Crippen LogP contribution in [0.3, 0.4) is 0 Å². The van der Waals surface area contributed by atoms with Crippen LogP contribution in [0.1, 0.15) is 31.1 Å². The van der Waals surface area contributed by atoms with Crippen LogP contribution >= 0.6 is 11.3 Å². The third-order valence-electron chi connectivity index (χ3n) is 2.34. The van der Waals surface area contributed by atoms with Crippen LogP contribution in [-0.4, -0.2) is 18.6 Å². The molecule has 1 heterocycles. The van der Waals surface area contributed by atoms with Gasteiger partial charge in [0.1, 0.15) is 6.04 Å². The first-order chi connectivity index (χ1) is 7.74. The Kier molecular flexibility index (Phi) is 6.11. The Hall–Kier alpha value is -0.870. The van der Waals surface area contributed by atoms with E-state index in [0.29, 0.717) is 13.0 Å². The first kappa shape index (κ1) is 13.2. The van der Waals surface area contributed by atoms with E-state index in [1.165, 1.54) is 4.88 Å². The topological polar surface area (TPSA) is 52.3 Å². The lowest BCUT2D eigenvalue weighted by molar-refractivity contribution is -0.145. The van der Waals surface area contributed by atoms with Crippen molar-refractivity contribution in [1.29, 1.82) is 0 Å². The molecule has 90 valence electrons. The molecule has 0 aliphatic heterocycles. The van der Waals surface area contributed by atoms with Gasteiger partial charge >= 0.3 is 5.97 Å². The van der Waals surface area contributed by atoms with E-state index in [9.17, 15) is 4.79 Å². The fourth-order valence-corrected chi connectivity index (χ4v) is 2.05. The van der Waals surface area contributed by atoms with E-state index in [-0.39, 0.29) is 5.97 Å². The van der Waals surface area contributed by atoms with Crippen LogP contribution < -0.4 is 5.73 Å². The number of thiophene rings is 1. The van der Waals surface area contributed by atoms with Gasteiger partial charge in [0.25, 0.3) is 0 Å². The molecule has 0 fully saturated rings. The van der Waals surface area contributed by atoms with Crippen LogP contribution in [0.4, 0.5) is 0 Å². The van der Waals surface area contributed by atoms with Gasteiger partial charge in [0.2, 0.25) is 0 Å². The second kappa shape index (κ2) is 7.41. The lowest BCUT2D eigenvalue weighted by Gasteiger charge is -2.10. The maximum atomic E-state index is 11.4. The first-order valence-corrected chi connectivity index (χ1v) is 6.56. The number of hydrogen-bond donors (Lipinski definition) is 1. The Morgan fingerprint density at radius 3 is 3.06 bits per heavy atom. The number of carbonyl (C=O) groups is 1.